The standard InChI is InChI=1S/C7H18N3.C6H6O/c1-8(2)7(9(3)4)10(5)6;7-6-4-2-1-3-5-6/h1-6H3;1-5,7H/q+1;/p-1. The van der Waals surface area contributed by atoms with Crippen LogP contribution in [0.4, 0.5) is 0 Å². The number of hydrogen-bond acceptors (Lipinski definition) is 1. The predicted octanol–water partition coefficient (Wildman–Crippen LogP) is 0.498. The van der Waals surface area contributed by atoms with E-state index in [9.17, 15) is 5.11 Å². The van der Waals surface area contributed by atoms with Gasteiger partial charge in [0.2, 0.25) is 0 Å². The van der Waals surface area contributed by atoms with E-state index >= 15 is 0 Å². The van der Waals surface area contributed by atoms with Gasteiger partial charge in [-0.25, -0.2) is 0 Å². The minimum atomic E-state index is 0.0718. The summed E-state index contributed by atoms with van der Waals surface area (Å²) in [6.07, 6.45) is 0. The molecule has 1 rings (SSSR count). The van der Waals surface area contributed by atoms with Gasteiger partial charge >= 0.3 is 5.96 Å². The van der Waals surface area contributed by atoms with Gasteiger partial charge in [-0.05, 0) is 0 Å². The summed E-state index contributed by atoms with van der Waals surface area (Å²) in [7, 11) is 12.2. The zero-order chi connectivity index (χ0) is 13.4. The van der Waals surface area contributed by atoms with Crippen LogP contribution in [0.1, 0.15) is 0 Å². The van der Waals surface area contributed by atoms with E-state index in [4.69, 9.17) is 0 Å². The van der Waals surface area contributed by atoms with Crippen LogP contribution in [-0.4, -0.2) is 62.6 Å². The molecule has 1 aromatic carbocycles. The second-order valence-corrected chi connectivity index (χ2v) is 4.30. The molecule has 0 N–H and O–H groups in total. The van der Waals surface area contributed by atoms with Crippen LogP contribution in [0.5, 0.6) is 5.75 Å². The van der Waals surface area contributed by atoms with E-state index in [2.05, 4.69) is 14.4 Å². The molecule has 0 radical (unpaired) electrons. The predicted molar refractivity (Wildman–Crippen MR) is 70.4 cm³/mol. The van der Waals surface area contributed by atoms with Crippen LogP contribution in [0.25, 0.3) is 0 Å². The molecule has 4 heteroatoms. The number of para-hydroxylation sites is 1. The Morgan fingerprint density at radius 1 is 0.941 bits per heavy atom. The minimum absolute atomic E-state index is 0.0718. The average molecular weight is 237 g/mol. The molecule has 1 aromatic rings. The molecular formula is C13H23N3O. The number of benzene rings is 1. The molecule has 0 atom stereocenters. The van der Waals surface area contributed by atoms with Crippen molar-refractivity contribution in [1.82, 2.24) is 9.80 Å². The molecule has 0 spiro atoms. The Bertz CT molecular complexity index is 331. The largest absolute Gasteiger partial charge is 0.872 e. The fourth-order valence-electron chi connectivity index (χ4n) is 1.62. The van der Waals surface area contributed by atoms with Gasteiger partial charge in [-0.1, -0.05) is 30.3 Å². The van der Waals surface area contributed by atoms with Crippen LogP contribution in [0.15, 0.2) is 30.3 Å². The molecule has 0 aromatic heterocycles. The Morgan fingerprint density at radius 2 is 1.35 bits per heavy atom. The van der Waals surface area contributed by atoms with Crippen molar-refractivity contribution in [3.8, 4) is 5.75 Å². The monoisotopic (exact) mass is 237 g/mol. The van der Waals surface area contributed by atoms with E-state index in [1.807, 2.05) is 48.4 Å². The lowest BCUT2D eigenvalue weighted by Crippen LogP contribution is -2.40. The van der Waals surface area contributed by atoms with E-state index in [0.717, 1.165) is 0 Å². The Morgan fingerprint density at radius 3 is 1.47 bits per heavy atom. The first-order chi connectivity index (χ1) is 7.86. The fourth-order valence-corrected chi connectivity index (χ4v) is 1.62. The molecule has 4 nitrogen and oxygen atoms in total. The van der Waals surface area contributed by atoms with Crippen LogP contribution in [-0.2, 0) is 0 Å². The Kier molecular flexibility index (Phi) is 6.79. The maximum atomic E-state index is 10.3. The van der Waals surface area contributed by atoms with E-state index in [1.165, 1.54) is 18.1 Å². The van der Waals surface area contributed by atoms with Gasteiger partial charge in [-0.3, -0.25) is 14.4 Å². The highest BCUT2D eigenvalue weighted by Gasteiger charge is 2.12. The molecule has 0 aliphatic rings. The first kappa shape index (κ1) is 15.3. The van der Waals surface area contributed by atoms with Gasteiger partial charge in [0.05, 0.1) is 42.3 Å². The van der Waals surface area contributed by atoms with Gasteiger partial charge in [-0.2, -0.15) is 0 Å². The maximum Gasteiger partial charge on any atom is 0.349 e. The van der Waals surface area contributed by atoms with E-state index in [0.29, 0.717) is 0 Å². The maximum absolute atomic E-state index is 10.3. The third-order valence-electron chi connectivity index (χ3n) is 1.94. The summed E-state index contributed by atoms with van der Waals surface area (Å²) in [6.45, 7) is 0. The highest BCUT2D eigenvalue weighted by molar-refractivity contribution is 5.73. The average Bonchev–Trinajstić information content (AvgIpc) is 2.17. The molecule has 0 saturated heterocycles. The second-order valence-electron chi connectivity index (χ2n) is 4.30. The molecule has 0 aliphatic carbocycles. The Balaban J connectivity index is 0.000000318. The molecule has 0 fully saturated rings. The number of guanidine groups is 1. The zero-order valence-electron chi connectivity index (χ0n) is 11.6. The number of nitrogens with zero attached hydrogens (tertiary/aromatic N) is 3. The molecule has 0 bridgehead atoms. The number of hydrogen-bond donors (Lipinski definition) is 0. The molecular weight excluding hydrogens is 214 g/mol. The molecule has 0 unspecified atom stereocenters. The van der Waals surface area contributed by atoms with E-state index in [-0.39, 0.29) is 5.75 Å². The first-order valence-corrected chi connectivity index (χ1v) is 5.47. The highest BCUT2D eigenvalue weighted by atomic mass is 16.3. The second kappa shape index (κ2) is 7.54. The van der Waals surface area contributed by atoms with Crippen molar-refractivity contribution in [1.29, 1.82) is 0 Å². The summed E-state index contributed by atoms with van der Waals surface area (Å²) in [5, 5.41) is 10.3. The lowest BCUT2D eigenvalue weighted by atomic mass is 10.3. The van der Waals surface area contributed by atoms with Crippen molar-refractivity contribution in [2.24, 2.45) is 0 Å². The van der Waals surface area contributed by atoms with Crippen LogP contribution in [0.3, 0.4) is 0 Å². The van der Waals surface area contributed by atoms with Crippen molar-refractivity contribution >= 4 is 5.96 Å². The van der Waals surface area contributed by atoms with Crippen molar-refractivity contribution in [3.63, 3.8) is 0 Å². The van der Waals surface area contributed by atoms with Crippen LogP contribution in [0, 0.1) is 0 Å². The summed E-state index contributed by atoms with van der Waals surface area (Å²) < 4.78 is 2.08. The van der Waals surface area contributed by atoms with Crippen LogP contribution < -0.4 is 5.11 Å². The van der Waals surface area contributed by atoms with Gasteiger partial charge in [0.25, 0.3) is 0 Å². The zero-order valence-corrected chi connectivity index (χ0v) is 11.6. The van der Waals surface area contributed by atoms with Gasteiger partial charge in [0.15, 0.2) is 0 Å². The van der Waals surface area contributed by atoms with Crippen LogP contribution in [0.2, 0.25) is 0 Å². The van der Waals surface area contributed by atoms with Gasteiger partial charge in [-0.15, -0.1) is 5.75 Å². The van der Waals surface area contributed by atoms with Gasteiger partial charge in [0.1, 0.15) is 0 Å². The summed E-state index contributed by atoms with van der Waals surface area (Å²) >= 11 is 0. The third kappa shape index (κ3) is 6.45. The van der Waals surface area contributed by atoms with E-state index < -0.39 is 0 Å². The summed E-state index contributed by atoms with van der Waals surface area (Å²) in [5.74, 6) is 1.27. The Labute approximate surface area is 104 Å². The van der Waals surface area contributed by atoms with Crippen molar-refractivity contribution in [2.45, 2.75) is 0 Å². The van der Waals surface area contributed by atoms with E-state index in [1.54, 1.807) is 12.1 Å². The minimum Gasteiger partial charge on any atom is -0.872 e. The lowest BCUT2D eigenvalue weighted by molar-refractivity contribution is -0.475. The van der Waals surface area contributed by atoms with Crippen molar-refractivity contribution < 1.29 is 9.68 Å². The quantitative estimate of drug-likeness (QED) is 0.374. The number of rotatable bonds is 0. The molecule has 0 amide bonds. The topological polar surface area (TPSA) is 32.5 Å². The van der Waals surface area contributed by atoms with Gasteiger partial charge < -0.3 is 5.11 Å². The van der Waals surface area contributed by atoms with Crippen LogP contribution >= 0.6 is 0 Å². The highest BCUT2D eigenvalue weighted by Crippen LogP contribution is 1.98. The van der Waals surface area contributed by atoms with Crippen molar-refractivity contribution in [2.75, 3.05) is 42.3 Å². The van der Waals surface area contributed by atoms with Crippen molar-refractivity contribution in [3.05, 3.63) is 30.3 Å². The Hall–Kier alpha value is -1.71. The summed E-state index contributed by atoms with van der Waals surface area (Å²) in [4.78, 5) is 4.17. The molecule has 0 saturated carbocycles. The molecule has 17 heavy (non-hydrogen) atoms. The molecule has 96 valence electrons. The fraction of sp³-hybridized carbons (Fsp3) is 0.462. The summed E-state index contributed by atoms with van der Waals surface area (Å²) in [6, 6.07) is 8.33. The molecule has 0 aliphatic heterocycles. The lowest BCUT2D eigenvalue weighted by Gasteiger charge is -2.16. The molecule has 0 heterocycles. The SMILES string of the molecule is CN(C)C(N(C)C)=[N+](C)C.[O-]c1ccccc1. The van der Waals surface area contributed by atoms with Gasteiger partial charge in [0, 0.05) is 0 Å². The smallest absolute Gasteiger partial charge is 0.349 e. The normalized spacial score (nSPS) is 8.82. The first-order valence-electron chi connectivity index (χ1n) is 5.47. The summed E-state index contributed by atoms with van der Waals surface area (Å²) in [5.41, 5.74) is 0. The third-order valence-corrected chi connectivity index (χ3v) is 1.94.